The van der Waals surface area contributed by atoms with Gasteiger partial charge in [-0.25, -0.2) is 0 Å². The molecule has 1 saturated heterocycles. The number of aliphatic hydroxyl groups is 5. The molecule has 0 spiro atoms. The normalized spacial score (nSPS) is 20.6. The minimum absolute atomic E-state index is 0.144. The molecule has 1 aliphatic heterocycles. The van der Waals surface area contributed by atoms with E-state index in [1.807, 2.05) is 0 Å². The predicted octanol–water partition coefficient (Wildman–Crippen LogP) is 12.5. The molecule has 0 radical (unpaired) electrons. The first-order valence-corrected chi connectivity index (χ1v) is 26.4. The molecule has 0 saturated carbocycles. The third kappa shape index (κ3) is 35.3. The van der Waals surface area contributed by atoms with Crippen molar-refractivity contribution >= 4 is 5.91 Å². The van der Waals surface area contributed by atoms with Crippen molar-refractivity contribution in [3.05, 3.63) is 97.2 Å². The Balaban J connectivity index is 2.06. The van der Waals surface area contributed by atoms with Crippen LogP contribution >= 0.6 is 0 Å². The smallest absolute Gasteiger partial charge is 0.220 e. The summed E-state index contributed by atoms with van der Waals surface area (Å²) in [6.45, 7) is 3.63. The van der Waals surface area contributed by atoms with Crippen molar-refractivity contribution in [1.29, 1.82) is 0 Å². The number of hydrogen-bond acceptors (Lipinski definition) is 8. The highest BCUT2D eigenvalue weighted by Crippen LogP contribution is 2.23. The Bertz CT molecular complexity index is 1350. The molecular weight excluding hydrogens is 827 g/mol. The van der Waals surface area contributed by atoms with E-state index < -0.39 is 49.5 Å². The lowest BCUT2D eigenvalue weighted by molar-refractivity contribution is -0.302. The first-order chi connectivity index (χ1) is 32.3. The zero-order valence-electron chi connectivity index (χ0n) is 41.7. The summed E-state index contributed by atoms with van der Waals surface area (Å²) in [5.41, 5.74) is 0. The molecule has 7 unspecified atom stereocenters. The Morgan fingerprint density at radius 1 is 0.530 bits per heavy atom. The van der Waals surface area contributed by atoms with Crippen molar-refractivity contribution in [2.45, 2.75) is 243 Å². The summed E-state index contributed by atoms with van der Waals surface area (Å²) in [6, 6.07) is -0.721. The number of unbranched alkanes of at least 4 members (excludes halogenated alkanes) is 17. The van der Waals surface area contributed by atoms with Gasteiger partial charge < -0.3 is 40.3 Å². The molecule has 378 valence electrons. The largest absolute Gasteiger partial charge is 0.394 e. The molecule has 1 fully saturated rings. The molecule has 66 heavy (non-hydrogen) atoms. The average Bonchev–Trinajstić information content (AvgIpc) is 3.32. The van der Waals surface area contributed by atoms with E-state index in [4.69, 9.17) is 9.47 Å². The monoisotopic (exact) mass is 924 g/mol. The topological polar surface area (TPSA) is 149 Å². The number of hydrogen-bond donors (Lipinski definition) is 6. The number of rotatable bonds is 43. The fourth-order valence-corrected chi connectivity index (χ4v) is 7.76. The maximum atomic E-state index is 12.9. The molecule has 0 aliphatic carbocycles. The number of amides is 1. The Kier molecular flexibility index (Phi) is 42.5. The van der Waals surface area contributed by atoms with Crippen molar-refractivity contribution in [2.75, 3.05) is 13.2 Å². The lowest BCUT2D eigenvalue weighted by Crippen LogP contribution is -2.60. The highest BCUT2D eigenvalue weighted by Gasteiger charge is 2.44. The second kappa shape index (κ2) is 45.9. The molecule has 1 amide bonds. The molecule has 0 bridgehead atoms. The SMILES string of the molecule is CC/C=C\C/C=C\C/C=C\C/C=C\C/C=C\C/C=C\C/C=C\C/C=C\CCCCCCCCCCCCCCC(=O)NC(COC1OC(CO)C(O)C(O)C1O)C(O)CCCCCCCC. The summed E-state index contributed by atoms with van der Waals surface area (Å²) in [7, 11) is 0. The Morgan fingerprint density at radius 2 is 0.939 bits per heavy atom. The van der Waals surface area contributed by atoms with E-state index in [9.17, 15) is 30.3 Å². The second-order valence-corrected chi connectivity index (χ2v) is 17.9. The quantitative estimate of drug-likeness (QED) is 0.0262. The zero-order valence-corrected chi connectivity index (χ0v) is 41.7. The van der Waals surface area contributed by atoms with E-state index in [0.29, 0.717) is 12.8 Å². The van der Waals surface area contributed by atoms with E-state index in [0.717, 1.165) is 89.9 Å². The van der Waals surface area contributed by atoms with Gasteiger partial charge in [0.25, 0.3) is 0 Å². The summed E-state index contributed by atoms with van der Waals surface area (Å²) in [6.07, 6.45) is 59.1. The van der Waals surface area contributed by atoms with E-state index in [1.54, 1.807) is 0 Å². The van der Waals surface area contributed by atoms with Gasteiger partial charge in [-0.2, -0.15) is 0 Å². The Morgan fingerprint density at radius 3 is 1.39 bits per heavy atom. The molecular formula is C57H97NO8. The van der Waals surface area contributed by atoms with Crippen LogP contribution in [0.5, 0.6) is 0 Å². The van der Waals surface area contributed by atoms with E-state index in [-0.39, 0.29) is 12.5 Å². The minimum atomic E-state index is -1.55. The standard InChI is InChI=1S/C57H97NO8/c1-3-5-7-9-11-12-13-14-15-16-17-18-19-20-21-22-23-24-25-26-27-28-29-30-31-32-33-34-35-36-37-38-39-40-41-43-45-47-53(61)58-50(51(60)46-44-42-10-8-6-4-2)49-65-57-56(64)55(63)54(62)52(48-59)66-57/h5,7,11-12,14-15,17-18,20-21,23-24,26-27,29-30,50-52,54-57,59-60,62-64H,3-4,6,8-10,13,16,19,22,25,28,31-49H2,1-2H3,(H,58,61)/b7-5-,12-11-,15-14-,18-17-,21-20-,24-23-,27-26-,30-29-. The lowest BCUT2D eigenvalue weighted by Gasteiger charge is -2.40. The summed E-state index contributed by atoms with van der Waals surface area (Å²) in [5.74, 6) is -0.156. The maximum absolute atomic E-state index is 12.9. The van der Waals surface area contributed by atoms with Gasteiger partial charge >= 0.3 is 0 Å². The van der Waals surface area contributed by atoms with Gasteiger partial charge in [-0.1, -0.05) is 214 Å². The molecule has 9 nitrogen and oxygen atoms in total. The van der Waals surface area contributed by atoms with Crippen LogP contribution in [0.1, 0.15) is 200 Å². The number of ether oxygens (including phenoxy) is 2. The van der Waals surface area contributed by atoms with Crippen molar-refractivity contribution in [3.63, 3.8) is 0 Å². The highest BCUT2D eigenvalue weighted by atomic mass is 16.7. The third-order valence-electron chi connectivity index (χ3n) is 12.0. The molecule has 9 heteroatoms. The second-order valence-electron chi connectivity index (χ2n) is 17.9. The van der Waals surface area contributed by atoms with Gasteiger partial charge in [0.2, 0.25) is 5.91 Å². The minimum Gasteiger partial charge on any atom is -0.394 e. The fraction of sp³-hybridized carbons (Fsp3) is 0.702. The number of allylic oxidation sites excluding steroid dienone is 16. The summed E-state index contributed by atoms with van der Waals surface area (Å²) < 4.78 is 11.2. The van der Waals surface area contributed by atoms with Gasteiger partial charge in [-0.05, 0) is 77.0 Å². The van der Waals surface area contributed by atoms with Crippen molar-refractivity contribution in [1.82, 2.24) is 5.32 Å². The van der Waals surface area contributed by atoms with Crippen LogP contribution in [0.2, 0.25) is 0 Å². The third-order valence-corrected chi connectivity index (χ3v) is 12.0. The van der Waals surface area contributed by atoms with E-state index in [1.165, 1.54) is 83.5 Å². The molecule has 1 heterocycles. The van der Waals surface area contributed by atoms with Crippen LogP contribution < -0.4 is 5.32 Å². The zero-order chi connectivity index (χ0) is 48.0. The maximum Gasteiger partial charge on any atom is 0.220 e. The van der Waals surface area contributed by atoms with Crippen LogP contribution in [0.3, 0.4) is 0 Å². The van der Waals surface area contributed by atoms with E-state index >= 15 is 0 Å². The fourth-order valence-electron chi connectivity index (χ4n) is 7.76. The molecule has 1 rings (SSSR count). The summed E-state index contributed by atoms with van der Waals surface area (Å²) in [5, 5.41) is 54.1. The van der Waals surface area contributed by atoms with Crippen LogP contribution in [0, 0.1) is 0 Å². The van der Waals surface area contributed by atoms with Crippen LogP contribution in [0.15, 0.2) is 97.2 Å². The lowest BCUT2D eigenvalue weighted by atomic mass is 9.99. The van der Waals surface area contributed by atoms with Gasteiger partial charge in [0.15, 0.2) is 6.29 Å². The van der Waals surface area contributed by atoms with Gasteiger partial charge in [0.1, 0.15) is 24.4 Å². The van der Waals surface area contributed by atoms with Crippen LogP contribution in [-0.4, -0.2) is 87.5 Å². The van der Waals surface area contributed by atoms with Crippen molar-refractivity contribution in [2.24, 2.45) is 0 Å². The van der Waals surface area contributed by atoms with Gasteiger partial charge in [0, 0.05) is 6.42 Å². The Labute approximate surface area is 403 Å². The predicted molar refractivity (Wildman–Crippen MR) is 276 cm³/mol. The molecule has 6 N–H and O–H groups in total. The summed E-state index contributed by atoms with van der Waals surface area (Å²) in [4.78, 5) is 12.9. The van der Waals surface area contributed by atoms with Gasteiger partial charge in [0.05, 0.1) is 25.4 Å². The van der Waals surface area contributed by atoms with Crippen LogP contribution in [-0.2, 0) is 14.3 Å². The number of nitrogens with one attached hydrogen (secondary N) is 1. The highest BCUT2D eigenvalue weighted by molar-refractivity contribution is 5.76. The Hall–Kier alpha value is -2.89. The molecule has 0 aromatic heterocycles. The van der Waals surface area contributed by atoms with Gasteiger partial charge in [-0.15, -0.1) is 0 Å². The van der Waals surface area contributed by atoms with Gasteiger partial charge in [-0.3, -0.25) is 4.79 Å². The summed E-state index contributed by atoms with van der Waals surface area (Å²) >= 11 is 0. The first kappa shape index (κ1) is 61.1. The molecule has 7 atom stereocenters. The van der Waals surface area contributed by atoms with Crippen LogP contribution in [0.25, 0.3) is 0 Å². The van der Waals surface area contributed by atoms with Crippen LogP contribution in [0.4, 0.5) is 0 Å². The molecule has 0 aromatic rings. The van der Waals surface area contributed by atoms with Crippen molar-refractivity contribution in [3.8, 4) is 0 Å². The number of carbonyl (C=O) groups excluding carboxylic acids is 1. The first-order valence-electron chi connectivity index (χ1n) is 26.4. The van der Waals surface area contributed by atoms with E-state index in [2.05, 4.69) is 116 Å². The molecule has 1 aliphatic rings. The number of carbonyl (C=O) groups is 1. The molecule has 0 aromatic carbocycles. The average molecular weight is 924 g/mol. The number of aliphatic hydroxyl groups excluding tert-OH is 5. The van der Waals surface area contributed by atoms with Crippen molar-refractivity contribution < 1.29 is 39.8 Å².